The lowest BCUT2D eigenvalue weighted by Crippen LogP contribution is -2.29. The van der Waals surface area contributed by atoms with Crippen LogP contribution >= 0.6 is 11.3 Å². The number of nitrogens with one attached hydrogen (secondary N) is 2. The molecule has 152 valence electrons. The van der Waals surface area contributed by atoms with Gasteiger partial charge >= 0.3 is 0 Å². The van der Waals surface area contributed by atoms with Gasteiger partial charge in [0.1, 0.15) is 17.2 Å². The van der Waals surface area contributed by atoms with Crippen LogP contribution in [0.25, 0.3) is 0 Å². The fourth-order valence-corrected chi connectivity index (χ4v) is 3.47. The highest BCUT2D eigenvalue weighted by Gasteiger charge is 2.24. The van der Waals surface area contributed by atoms with Gasteiger partial charge in [-0.2, -0.15) is 0 Å². The van der Waals surface area contributed by atoms with E-state index in [1.807, 2.05) is 45.9 Å². The van der Waals surface area contributed by atoms with Gasteiger partial charge in [-0.25, -0.2) is 4.98 Å². The summed E-state index contributed by atoms with van der Waals surface area (Å²) in [6.07, 6.45) is 3.47. The van der Waals surface area contributed by atoms with Crippen LogP contribution in [0.1, 0.15) is 63.5 Å². The van der Waals surface area contributed by atoms with Gasteiger partial charge in [-0.1, -0.05) is 31.5 Å². The summed E-state index contributed by atoms with van der Waals surface area (Å²) in [5.41, 5.74) is 4.59. The van der Waals surface area contributed by atoms with Gasteiger partial charge in [0, 0.05) is 5.69 Å². The maximum Gasteiger partial charge on any atom is 0.277 e. The monoisotopic (exact) mass is 412 g/mol. The smallest absolute Gasteiger partial charge is 0.277 e. The average Bonchev–Trinajstić information content (AvgIpc) is 3.35. The highest BCUT2D eigenvalue weighted by molar-refractivity contribution is 7.11. The van der Waals surface area contributed by atoms with E-state index in [0.29, 0.717) is 23.1 Å². The molecule has 3 rings (SSSR count). The molecule has 0 aliphatic rings. The molecule has 0 unspecified atom stereocenters. The molecule has 0 fully saturated rings. The van der Waals surface area contributed by atoms with Crippen LogP contribution in [0.5, 0.6) is 0 Å². The van der Waals surface area contributed by atoms with Crippen molar-refractivity contribution in [3.8, 4) is 0 Å². The number of oxazole rings is 1. The van der Waals surface area contributed by atoms with Crippen molar-refractivity contribution < 1.29 is 14.0 Å². The summed E-state index contributed by atoms with van der Waals surface area (Å²) in [5.74, 6) is 0.00477. The van der Waals surface area contributed by atoms with E-state index < -0.39 is 6.04 Å². The molecule has 29 heavy (non-hydrogen) atoms. The van der Waals surface area contributed by atoms with E-state index in [1.54, 1.807) is 5.51 Å². The van der Waals surface area contributed by atoms with E-state index in [2.05, 4.69) is 20.6 Å². The Morgan fingerprint density at radius 2 is 2.00 bits per heavy atom. The molecule has 2 aromatic heterocycles. The number of carbonyl (C=O) groups excluding carboxylic acids is 2. The molecule has 2 heterocycles. The van der Waals surface area contributed by atoms with Crippen molar-refractivity contribution in [1.82, 2.24) is 15.3 Å². The summed E-state index contributed by atoms with van der Waals surface area (Å²) in [6.45, 7) is 8.02. The van der Waals surface area contributed by atoms with Gasteiger partial charge in [-0.3, -0.25) is 14.6 Å². The molecule has 1 aromatic carbocycles. The highest BCUT2D eigenvalue weighted by Crippen LogP contribution is 2.23. The van der Waals surface area contributed by atoms with Gasteiger partial charge in [0.05, 0.1) is 11.7 Å². The first-order valence-electron chi connectivity index (χ1n) is 9.37. The first-order valence-corrected chi connectivity index (χ1v) is 10.2. The summed E-state index contributed by atoms with van der Waals surface area (Å²) < 4.78 is 5.56. The van der Waals surface area contributed by atoms with Gasteiger partial charge in [0.15, 0.2) is 5.69 Å². The molecule has 0 saturated heterocycles. The van der Waals surface area contributed by atoms with Gasteiger partial charge < -0.3 is 15.1 Å². The van der Waals surface area contributed by atoms with Crippen molar-refractivity contribution >= 4 is 28.8 Å². The minimum Gasteiger partial charge on any atom is -0.446 e. The van der Waals surface area contributed by atoms with Crippen molar-refractivity contribution in [2.75, 3.05) is 5.32 Å². The first kappa shape index (κ1) is 20.7. The van der Waals surface area contributed by atoms with Crippen LogP contribution in [-0.4, -0.2) is 21.8 Å². The molecule has 2 amide bonds. The molecule has 7 nitrogen and oxygen atoms in total. The molecule has 0 spiro atoms. The third-order valence-electron chi connectivity index (χ3n) is 4.35. The predicted octanol–water partition coefficient (Wildman–Crippen LogP) is 4.52. The van der Waals surface area contributed by atoms with Crippen LogP contribution in [0.3, 0.4) is 0 Å². The van der Waals surface area contributed by atoms with Gasteiger partial charge in [0.25, 0.3) is 11.8 Å². The van der Waals surface area contributed by atoms with E-state index in [-0.39, 0.29) is 17.5 Å². The van der Waals surface area contributed by atoms with E-state index >= 15 is 0 Å². The molecule has 3 aromatic rings. The van der Waals surface area contributed by atoms with Crippen LogP contribution in [-0.2, 0) is 0 Å². The molecular formula is C21H24N4O3S. The van der Waals surface area contributed by atoms with Crippen molar-refractivity contribution in [2.45, 2.75) is 40.2 Å². The number of hydrogen-bond donors (Lipinski definition) is 2. The van der Waals surface area contributed by atoms with Crippen LogP contribution in [0, 0.1) is 19.8 Å². The summed E-state index contributed by atoms with van der Waals surface area (Å²) in [7, 11) is 0. The minimum atomic E-state index is -0.438. The number of nitrogens with zero attached hydrogens (tertiary/aromatic N) is 2. The first-order chi connectivity index (χ1) is 13.8. The number of anilines is 1. The van der Waals surface area contributed by atoms with E-state index in [0.717, 1.165) is 16.8 Å². The number of hydrogen-bond acceptors (Lipinski definition) is 6. The molecule has 1 atom stereocenters. The lowest BCUT2D eigenvalue weighted by atomic mass is 10.0. The molecular weight excluding hydrogens is 388 g/mol. The summed E-state index contributed by atoms with van der Waals surface area (Å²) in [4.78, 5) is 33.8. The quantitative estimate of drug-likeness (QED) is 0.595. The Morgan fingerprint density at radius 3 is 2.66 bits per heavy atom. The Bertz CT molecular complexity index is 995. The zero-order valence-electron chi connectivity index (χ0n) is 16.9. The molecule has 8 heteroatoms. The van der Waals surface area contributed by atoms with Crippen molar-refractivity contribution in [1.29, 1.82) is 0 Å². The lowest BCUT2D eigenvalue weighted by Gasteiger charge is -2.17. The summed E-state index contributed by atoms with van der Waals surface area (Å²) in [5, 5.41) is 5.78. The second-order valence-corrected chi connectivity index (χ2v) is 8.25. The van der Waals surface area contributed by atoms with Crippen molar-refractivity contribution in [3.63, 3.8) is 0 Å². The second kappa shape index (κ2) is 9.00. The standard InChI is InChI=1S/C21H24N4O3S/c1-12(2)7-16(24-20(27)18-9-22-11-29-18)21-25-17(10-28-21)19(26)23-15-6-5-13(3)8-14(15)4/h5-6,8-12,16H,7H2,1-4H3,(H,23,26)(H,24,27)/t16-/m1/s1. The summed E-state index contributed by atoms with van der Waals surface area (Å²) in [6, 6.07) is 5.36. The molecule has 0 saturated carbocycles. The second-order valence-electron chi connectivity index (χ2n) is 7.36. The maximum absolute atomic E-state index is 12.6. The SMILES string of the molecule is Cc1ccc(NC(=O)c2coc([C@@H](CC(C)C)NC(=O)c3cncs3)n2)c(C)c1. The van der Waals surface area contributed by atoms with Gasteiger partial charge in [0.2, 0.25) is 5.89 Å². The molecule has 0 radical (unpaired) electrons. The Kier molecular flexibility index (Phi) is 6.43. The molecule has 0 bridgehead atoms. The van der Waals surface area contributed by atoms with Crippen LogP contribution in [0.2, 0.25) is 0 Å². The predicted molar refractivity (Wildman–Crippen MR) is 112 cm³/mol. The fourth-order valence-electron chi connectivity index (χ4n) is 2.94. The largest absolute Gasteiger partial charge is 0.446 e. The number of aryl methyl sites for hydroxylation is 2. The number of aromatic nitrogens is 2. The third kappa shape index (κ3) is 5.29. The molecule has 2 N–H and O–H groups in total. The van der Waals surface area contributed by atoms with Crippen LogP contribution in [0.15, 0.2) is 40.6 Å². The van der Waals surface area contributed by atoms with Crippen LogP contribution in [0.4, 0.5) is 5.69 Å². The van der Waals surface area contributed by atoms with Crippen LogP contribution < -0.4 is 10.6 Å². The fraction of sp³-hybridized carbons (Fsp3) is 0.333. The highest BCUT2D eigenvalue weighted by atomic mass is 32.1. The normalized spacial score (nSPS) is 12.0. The van der Waals surface area contributed by atoms with E-state index in [1.165, 1.54) is 23.8 Å². The zero-order chi connectivity index (χ0) is 21.0. The number of rotatable bonds is 7. The van der Waals surface area contributed by atoms with Crippen molar-refractivity contribution in [3.05, 3.63) is 63.8 Å². The average molecular weight is 413 g/mol. The Hall–Kier alpha value is -3.00. The Morgan fingerprint density at radius 1 is 1.21 bits per heavy atom. The topological polar surface area (TPSA) is 97.1 Å². The van der Waals surface area contributed by atoms with E-state index in [9.17, 15) is 9.59 Å². The number of carbonyl (C=O) groups is 2. The maximum atomic E-state index is 12.6. The zero-order valence-corrected chi connectivity index (χ0v) is 17.7. The van der Waals surface area contributed by atoms with Crippen molar-refractivity contribution in [2.24, 2.45) is 5.92 Å². The molecule has 0 aliphatic carbocycles. The lowest BCUT2D eigenvalue weighted by molar-refractivity contribution is 0.0928. The van der Waals surface area contributed by atoms with E-state index in [4.69, 9.17) is 4.42 Å². The number of amides is 2. The minimum absolute atomic E-state index is 0.167. The number of thiazole rings is 1. The molecule has 0 aliphatic heterocycles. The summed E-state index contributed by atoms with van der Waals surface area (Å²) >= 11 is 1.26. The third-order valence-corrected chi connectivity index (χ3v) is 5.12. The van der Waals surface area contributed by atoms with Gasteiger partial charge in [-0.15, -0.1) is 11.3 Å². The Balaban J connectivity index is 1.75. The Labute approximate surface area is 173 Å². The van der Waals surface area contributed by atoms with Gasteiger partial charge in [-0.05, 0) is 37.8 Å². The number of benzene rings is 1.